The highest BCUT2D eigenvalue weighted by Gasteiger charge is 2.28. The maximum Gasteiger partial charge on any atom is 0.275 e. The number of halogens is 2. The maximum atomic E-state index is 12.0. The molecule has 22 heavy (non-hydrogen) atoms. The van der Waals surface area contributed by atoms with Gasteiger partial charge in [-0.1, -0.05) is 29.3 Å². The summed E-state index contributed by atoms with van der Waals surface area (Å²) in [5.41, 5.74) is 6.17. The lowest BCUT2D eigenvalue weighted by molar-refractivity contribution is -0.899. The number of nitrogens with two attached hydrogens (primary N) is 1. The van der Waals surface area contributed by atoms with Gasteiger partial charge in [-0.3, -0.25) is 9.59 Å². The van der Waals surface area contributed by atoms with Crippen molar-refractivity contribution in [3.05, 3.63) is 33.8 Å². The summed E-state index contributed by atoms with van der Waals surface area (Å²) in [6.07, 6.45) is 1.74. The summed E-state index contributed by atoms with van der Waals surface area (Å²) in [5.74, 6) is -0.459. The maximum absolute atomic E-state index is 12.0. The summed E-state index contributed by atoms with van der Waals surface area (Å²) in [7, 11) is 0. The van der Waals surface area contributed by atoms with Crippen molar-refractivity contribution in [1.29, 1.82) is 0 Å². The molecule has 0 saturated carbocycles. The zero-order valence-electron chi connectivity index (χ0n) is 12.2. The molecule has 4 N–H and O–H groups in total. The van der Waals surface area contributed by atoms with E-state index in [2.05, 4.69) is 5.32 Å². The van der Waals surface area contributed by atoms with Crippen LogP contribution in [0.3, 0.4) is 0 Å². The van der Waals surface area contributed by atoms with Gasteiger partial charge in [0.15, 0.2) is 6.54 Å². The van der Waals surface area contributed by atoms with Crippen LogP contribution in [-0.2, 0) is 16.1 Å². The van der Waals surface area contributed by atoms with Crippen LogP contribution in [0.25, 0.3) is 0 Å². The first-order chi connectivity index (χ1) is 10.5. The third-order valence-corrected chi connectivity index (χ3v) is 4.51. The zero-order valence-corrected chi connectivity index (χ0v) is 13.7. The predicted molar refractivity (Wildman–Crippen MR) is 85.8 cm³/mol. The van der Waals surface area contributed by atoms with E-state index in [4.69, 9.17) is 28.9 Å². The molecule has 1 saturated heterocycles. The van der Waals surface area contributed by atoms with Gasteiger partial charge in [0.2, 0.25) is 5.91 Å². The first-order valence-electron chi connectivity index (χ1n) is 7.29. The van der Waals surface area contributed by atoms with Gasteiger partial charge < -0.3 is 16.0 Å². The number of likely N-dealkylation sites (tertiary alicyclic amines) is 1. The first-order valence-corrected chi connectivity index (χ1v) is 8.05. The minimum atomic E-state index is -0.273. The van der Waals surface area contributed by atoms with E-state index in [-0.39, 0.29) is 17.7 Å². The molecule has 1 fully saturated rings. The van der Waals surface area contributed by atoms with Crippen LogP contribution in [0, 0.1) is 5.92 Å². The van der Waals surface area contributed by atoms with Gasteiger partial charge in [0.1, 0.15) is 0 Å². The van der Waals surface area contributed by atoms with E-state index < -0.39 is 0 Å². The summed E-state index contributed by atoms with van der Waals surface area (Å²) in [6, 6.07) is 5.18. The largest absolute Gasteiger partial charge is 0.369 e. The van der Waals surface area contributed by atoms with Crippen molar-refractivity contribution in [2.24, 2.45) is 11.7 Å². The second-order valence-electron chi connectivity index (χ2n) is 5.63. The Bertz CT molecular complexity index is 566. The number of primary amides is 1. The van der Waals surface area contributed by atoms with E-state index in [0.29, 0.717) is 29.7 Å². The van der Waals surface area contributed by atoms with E-state index in [9.17, 15) is 9.59 Å². The van der Waals surface area contributed by atoms with Crippen molar-refractivity contribution in [3.8, 4) is 0 Å². The summed E-state index contributed by atoms with van der Waals surface area (Å²) in [4.78, 5) is 24.4. The molecule has 0 spiro atoms. The number of quaternary nitrogens is 1. The van der Waals surface area contributed by atoms with Crippen LogP contribution in [0.5, 0.6) is 0 Å². The highest BCUT2D eigenvalue weighted by molar-refractivity contribution is 6.35. The standard InChI is InChI=1S/C15H19Cl2N3O2/c16-12-4-3-10(13(17)6-12)7-19-14(21)9-20-5-1-2-11(8-20)15(18)22/h3-4,6,11H,1-2,5,7-9H2,(H2,18,22)(H,19,21)/p+1/t11-/m0/s1. The van der Waals surface area contributed by atoms with Gasteiger partial charge in [0.05, 0.1) is 19.0 Å². The van der Waals surface area contributed by atoms with E-state index in [1.807, 2.05) is 0 Å². The molecule has 2 amide bonds. The summed E-state index contributed by atoms with van der Waals surface area (Å²) >= 11 is 11.9. The summed E-state index contributed by atoms with van der Waals surface area (Å²) in [5, 5.41) is 3.95. The molecule has 0 bridgehead atoms. The van der Waals surface area contributed by atoms with Crippen LogP contribution in [0.2, 0.25) is 10.0 Å². The lowest BCUT2D eigenvalue weighted by Crippen LogP contribution is -3.14. The topological polar surface area (TPSA) is 76.6 Å². The third kappa shape index (κ3) is 4.87. The zero-order chi connectivity index (χ0) is 16.1. The van der Waals surface area contributed by atoms with E-state index in [0.717, 1.165) is 29.8 Å². The Balaban J connectivity index is 1.81. The number of amides is 2. The minimum Gasteiger partial charge on any atom is -0.369 e. The molecule has 1 heterocycles. The molecule has 1 aromatic rings. The Morgan fingerprint density at radius 3 is 2.82 bits per heavy atom. The molecule has 1 aliphatic heterocycles. The van der Waals surface area contributed by atoms with Crippen LogP contribution < -0.4 is 16.0 Å². The number of hydrogen-bond donors (Lipinski definition) is 3. The van der Waals surface area contributed by atoms with Crippen molar-refractivity contribution in [3.63, 3.8) is 0 Å². The highest BCUT2D eigenvalue weighted by atomic mass is 35.5. The van der Waals surface area contributed by atoms with Crippen LogP contribution in [-0.4, -0.2) is 31.4 Å². The molecule has 7 heteroatoms. The first kappa shape index (κ1) is 17.1. The van der Waals surface area contributed by atoms with Gasteiger partial charge in [-0.05, 0) is 30.5 Å². The van der Waals surface area contributed by atoms with E-state index >= 15 is 0 Å². The monoisotopic (exact) mass is 344 g/mol. The Morgan fingerprint density at radius 1 is 1.36 bits per heavy atom. The Hall–Kier alpha value is -1.30. The molecule has 2 rings (SSSR count). The number of hydrogen-bond acceptors (Lipinski definition) is 2. The Kier molecular flexibility index (Phi) is 6.06. The smallest absolute Gasteiger partial charge is 0.275 e. The lowest BCUT2D eigenvalue weighted by atomic mass is 9.97. The Morgan fingerprint density at radius 2 is 2.14 bits per heavy atom. The molecule has 120 valence electrons. The average molecular weight is 345 g/mol. The third-order valence-electron chi connectivity index (χ3n) is 3.92. The van der Waals surface area contributed by atoms with Crippen molar-refractivity contribution in [2.45, 2.75) is 19.4 Å². The normalized spacial score (nSPS) is 21.4. The fourth-order valence-corrected chi connectivity index (χ4v) is 3.18. The number of nitrogens with one attached hydrogen (secondary N) is 2. The number of benzene rings is 1. The lowest BCUT2D eigenvalue weighted by Gasteiger charge is -2.27. The fourth-order valence-electron chi connectivity index (χ4n) is 2.70. The summed E-state index contributed by atoms with van der Waals surface area (Å²) in [6.45, 7) is 2.22. The molecule has 1 unspecified atom stereocenters. The molecule has 0 aliphatic carbocycles. The highest BCUT2D eigenvalue weighted by Crippen LogP contribution is 2.20. The molecular weight excluding hydrogens is 325 g/mol. The van der Waals surface area contributed by atoms with Crippen LogP contribution in [0.15, 0.2) is 18.2 Å². The molecule has 2 atom stereocenters. The number of piperidine rings is 1. The van der Waals surface area contributed by atoms with Gasteiger partial charge in [-0.25, -0.2) is 0 Å². The predicted octanol–water partition coefficient (Wildman–Crippen LogP) is 0.390. The molecule has 0 aromatic heterocycles. The van der Waals surface area contributed by atoms with E-state index in [1.165, 1.54) is 0 Å². The second kappa shape index (κ2) is 7.81. The van der Waals surface area contributed by atoms with Crippen LogP contribution in [0.1, 0.15) is 18.4 Å². The Labute approximate surface area is 139 Å². The van der Waals surface area contributed by atoms with Crippen molar-refractivity contribution in [2.75, 3.05) is 19.6 Å². The molecule has 1 aliphatic rings. The molecule has 0 radical (unpaired) electrons. The quantitative estimate of drug-likeness (QED) is 0.722. The molecule has 1 aromatic carbocycles. The fraction of sp³-hybridized carbons (Fsp3) is 0.467. The number of rotatable bonds is 5. The molecular formula is C15H20Cl2N3O2+. The second-order valence-corrected chi connectivity index (χ2v) is 6.48. The van der Waals surface area contributed by atoms with Crippen LogP contribution in [0.4, 0.5) is 0 Å². The van der Waals surface area contributed by atoms with Crippen molar-refractivity contribution < 1.29 is 14.5 Å². The minimum absolute atomic E-state index is 0.0638. The van der Waals surface area contributed by atoms with Crippen LogP contribution >= 0.6 is 23.2 Å². The van der Waals surface area contributed by atoms with Gasteiger partial charge in [-0.15, -0.1) is 0 Å². The number of carbonyl (C=O) groups excluding carboxylic acids is 2. The van der Waals surface area contributed by atoms with Gasteiger partial charge >= 0.3 is 0 Å². The SMILES string of the molecule is NC(=O)[C@H]1CCC[NH+](CC(=O)NCc2ccc(Cl)cc2Cl)C1. The van der Waals surface area contributed by atoms with Crippen molar-refractivity contribution in [1.82, 2.24) is 5.32 Å². The van der Waals surface area contributed by atoms with Gasteiger partial charge in [-0.2, -0.15) is 0 Å². The van der Waals surface area contributed by atoms with E-state index in [1.54, 1.807) is 18.2 Å². The number of carbonyl (C=O) groups is 2. The van der Waals surface area contributed by atoms with Gasteiger partial charge in [0.25, 0.3) is 5.91 Å². The molecule has 5 nitrogen and oxygen atoms in total. The van der Waals surface area contributed by atoms with Crippen molar-refractivity contribution >= 4 is 35.0 Å². The van der Waals surface area contributed by atoms with Gasteiger partial charge in [0, 0.05) is 16.6 Å². The summed E-state index contributed by atoms with van der Waals surface area (Å²) < 4.78 is 0. The average Bonchev–Trinajstić information content (AvgIpc) is 2.46.